The zero-order chi connectivity index (χ0) is 13.7. The van der Waals surface area contributed by atoms with E-state index in [4.69, 9.17) is 5.11 Å². The third-order valence-corrected chi connectivity index (χ3v) is 2.88. The zero-order valence-corrected chi connectivity index (χ0v) is 11.9. The molecule has 2 rings (SSSR count). The highest BCUT2D eigenvalue weighted by Crippen LogP contribution is 2.16. The van der Waals surface area contributed by atoms with Crippen LogP contribution in [-0.2, 0) is 11.2 Å². The molecule has 0 aliphatic carbocycles. The van der Waals surface area contributed by atoms with E-state index in [1.54, 1.807) is 13.1 Å². The summed E-state index contributed by atoms with van der Waals surface area (Å²) in [5.41, 5.74) is 4.02. The van der Waals surface area contributed by atoms with Gasteiger partial charge in [0.15, 0.2) is 0 Å². The van der Waals surface area contributed by atoms with E-state index < -0.39 is 5.97 Å². The lowest BCUT2D eigenvalue weighted by Crippen LogP contribution is -1.92. The van der Waals surface area contributed by atoms with Gasteiger partial charge in [-0.15, -0.1) is 12.4 Å². The van der Waals surface area contributed by atoms with Gasteiger partial charge in [-0.1, -0.05) is 30.3 Å². The molecule has 0 aliphatic heterocycles. The number of hydrogen-bond acceptors (Lipinski definition) is 2. The molecule has 1 N–H and O–H groups in total. The number of allylic oxidation sites excluding steroid dienone is 1. The average molecular weight is 290 g/mol. The molecule has 0 bridgehead atoms. The molecule has 0 radical (unpaired) electrons. The van der Waals surface area contributed by atoms with Gasteiger partial charge < -0.3 is 5.11 Å². The van der Waals surface area contributed by atoms with E-state index in [2.05, 4.69) is 4.98 Å². The summed E-state index contributed by atoms with van der Waals surface area (Å²) >= 11 is 0. The monoisotopic (exact) mass is 289 g/mol. The van der Waals surface area contributed by atoms with Gasteiger partial charge in [-0.2, -0.15) is 0 Å². The first kappa shape index (κ1) is 15.9. The Morgan fingerprint density at radius 1 is 1.20 bits per heavy atom. The molecule has 0 atom stereocenters. The van der Waals surface area contributed by atoms with Crippen molar-refractivity contribution in [2.75, 3.05) is 0 Å². The van der Waals surface area contributed by atoms with E-state index in [-0.39, 0.29) is 12.4 Å². The molecule has 0 saturated carbocycles. The van der Waals surface area contributed by atoms with Gasteiger partial charge in [0, 0.05) is 18.5 Å². The largest absolute Gasteiger partial charge is 0.478 e. The summed E-state index contributed by atoms with van der Waals surface area (Å²) in [5, 5.41) is 8.71. The molecule has 0 fully saturated rings. The molecule has 20 heavy (non-hydrogen) atoms. The first-order valence-corrected chi connectivity index (χ1v) is 6.04. The number of carbonyl (C=O) groups is 1. The Labute approximate surface area is 124 Å². The number of aromatic nitrogens is 1. The number of aliphatic carboxylic acids is 1. The number of benzene rings is 1. The smallest absolute Gasteiger partial charge is 0.328 e. The predicted molar refractivity (Wildman–Crippen MR) is 82.0 cm³/mol. The lowest BCUT2D eigenvalue weighted by atomic mass is 10.0. The molecule has 0 spiro atoms. The van der Waals surface area contributed by atoms with Crippen molar-refractivity contribution in [3.63, 3.8) is 0 Å². The van der Waals surface area contributed by atoms with Crippen LogP contribution < -0.4 is 0 Å². The lowest BCUT2D eigenvalue weighted by molar-refractivity contribution is -0.131. The Balaban J connectivity index is 0.00000200. The van der Waals surface area contributed by atoms with Crippen molar-refractivity contribution in [3.05, 3.63) is 71.6 Å². The molecule has 3 nitrogen and oxygen atoms in total. The standard InChI is InChI=1S/C16H15NO2.ClH/c1-12(9-16(18)19)15-6-4-13(5-7-15)10-14-3-2-8-17-11-14;/h2-9,11H,10H2,1H3,(H,18,19);1H/b12-9+;. The zero-order valence-electron chi connectivity index (χ0n) is 11.1. The maximum atomic E-state index is 10.6. The topological polar surface area (TPSA) is 50.2 Å². The Kier molecular flexibility index (Phi) is 5.94. The molecular weight excluding hydrogens is 274 g/mol. The molecule has 1 heterocycles. The second-order valence-corrected chi connectivity index (χ2v) is 4.40. The Morgan fingerprint density at radius 3 is 2.45 bits per heavy atom. The van der Waals surface area contributed by atoms with Gasteiger partial charge in [-0.25, -0.2) is 4.79 Å². The average Bonchev–Trinajstić information content (AvgIpc) is 2.40. The van der Waals surface area contributed by atoms with E-state index >= 15 is 0 Å². The fourth-order valence-electron chi connectivity index (χ4n) is 1.89. The van der Waals surface area contributed by atoms with Gasteiger partial charge >= 0.3 is 5.97 Å². The molecule has 0 amide bonds. The normalized spacial score (nSPS) is 10.8. The minimum Gasteiger partial charge on any atom is -0.478 e. The molecule has 104 valence electrons. The first-order valence-electron chi connectivity index (χ1n) is 6.04. The fourth-order valence-corrected chi connectivity index (χ4v) is 1.89. The van der Waals surface area contributed by atoms with Crippen molar-refractivity contribution in [2.24, 2.45) is 0 Å². The van der Waals surface area contributed by atoms with Crippen LogP contribution >= 0.6 is 12.4 Å². The lowest BCUT2D eigenvalue weighted by Gasteiger charge is -2.04. The third-order valence-electron chi connectivity index (χ3n) is 2.88. The molecule has 1 aromatic carbocycles. The van der Waals surface area contributed by atoms with E-state index in [0.717, 1.165) is 23.1 Å². The minimum absolute atomic E-state index is 0. The molecule has 0 saturated heterocycles. The van der Waals surface area contributed by atoms with Gasteiger partial charge in [0.2, 0.25) is 0 Å². The first-order chi connectivity index (χ1) is 9.15. The maximum Gasteiger partial charge on any atom is 0.328 e. The van der Waals surface area contributed by atoms with Crippen LogP contribution in [-0.4, -0.2) is 16.1 Å². The van der Waals surface area contributed by atoms with Crippen molar-refractivity contribution in [3.8, 4) is 0 Å². The van der Waals surface area contributed by atoms with Crippen LogP contribution in [0, 0.1) is 0 Å². The Bertz CT molecular complexity index is 592. The summed E-state index contributed by atoms with van der Waals surface area (Å²) in [4.78, 5) is 14.7. The number of rotatable bonds is 4. The van der Waals surface area contributed by atoms with Gasteiger partial charge in [-0.05, 0) is 41.7 Å². The molecule has 0 unspecified atom stereocenters. The summed E-state index contributed by atoms with van der Waals surface area (Å²) in [6.07, 6.45) is 5.65. The Morgan fingerprint density at radius 2 is 1.90 bits per heavy atom. The van der Waals surface area contributed by atoms with Crippen molar-refractivity contribution in [1.29, 1.82) is 0 Å². The summed E-state index contributed by atoms with van der Waals surface area (Å²) in [7, 11) is 0. The number of carboxylic acids is 1. The number of halogens is 1. The van der Waals surface area contributed by atoms with E-state index in [1.807, 2.05) is 42.6 Å². The van der Waals surface area contributed by atoms with Crippen LogP contribution in [0.4, 0.5) is 0 Å². The van der Waals surface area contributed by atoms with Crippen LogP contribution in [0.2, 0.25) is 0 Å². The van der Waals surface area contributed by atoms with E-state index in [1.165, 1.54) is 11.6 Å². The molecule has 1 aromatic heterocycles. The SMILES string of the molecule is C/C(=C\C(=O)O)c1ccc(Cc2cccnc2)cc1.Cl. The van der Waals surface area contributed by atoms with Gasteiger partial charge in [0.05, 0.1) is 0 Å². The van der Waals surface area contributed by atoms with Crippen molar-refractivity contribution in [1.82, 2.24) is 4.98 Å². The van der Waals surface area contributed by atoms with Gasteiger partial charge in [-0.3, -0.25) is 4.98 Å². The quantitative estimate of drug-likeness (QED) is 0.875. The van der Waals surface area contributed by atoms with E-state index in [0.29, 0.717) is 0 Å². The highest BCUT2D eigenvalue weighted by atomic mass is 35.5. The number of pyridine rings is 1. The molecule has 2 aromatic rings. The van der Waals surface area contributed by atoms with Crippen LogP contribution in [0.1, 0.15) is 23.6 Å². The van der Waals surface area contributed by atoms with Crippen LogP contribution in [0.25, 0.3) is 5.57 Å². The summed E-state index contributed by atoms with van der Waals surface area (Å²) in [5.74, 6) is -0.920. The van der Waals surface area contributed by atoms with Crippen molar-refractivity contribution in [2.45, 2.75) is 13.3 Å². The molecule has 0 aliphatic rings. The minimum atomic E-state index is -0.920. The van der Waals surface area contributed by atoms with Gasteiger partial charge in [0.1, 0.15) is 0 Å². The predicted octanol–water partition coefficient (Wildman–Crippen LogP) is 3.58. The highest BCUT2D eigenvalue weighted by molar-refractivity contribution is 5.89. The summed E-state index contributed by atoms with van der Waals surface area (Å²) in [6.45, 7) is 1.80. The second-order valence-electron chi connectivity index (χ2n) is 4.40. The van der Waals surface area contributed by atoms with Crippen LogP contribution in [0.5, 0.6) is 0 Å². The van der Waals surface area contributed by atoms with Crippen molar-refractivity contribution < 1.29 is 9.90 Å². The number of hydrogen-bond donors (Lipinski definition) is 1. The van der Waals surface area contributed by atoms with Gasteiger partial charge in [0.25, 0.3) is 0 Å². The third kappa shape index (κ3) is 4.52. The van der Waals surface area contributed by atoms with Crippen molar-refractivity contribution >= 4 is 23.9 Å². The maximum absolute atomic E-state index is 10.6. The molecule has 4 heteroatoms. The Hall–Kier alpha value is -2.13. The second kappa shape index (κ2) is 7.46. The number of nitrogens with zero attached hydrogens (tertiary/aromatic N) is 1. The van der Waals surface area contributed by atoms with E-state index in [9.17, 15) is 4.79 Å². The fraction of sp³-hybridized carbons (Fsp3) is 0.125. The van der Waals surface area contributed by atoms with Crippen LogP contribution in [0.3, 0.4) is 0 Å². The summed E-state index contributed by atoms with van der Waals surface area (Å²) < 4.78 is 0. The summed E-state index contributed by atoms with van der Waals surface area (Å²) in [6, 6.07) is 11.9. The highest BCUT2D eigenvalue weighted by Gasteiger charge is 2.00. The number of carboxylic acid groups (broad SMARTS) is 1. The molecular formula is C16H16ClNO2. The van der Waals surface area contributed by atoms with Crippen LogP contribution in [0.15, 0.2) is 54.9 Å².